The molecule has 2 rings (SSSR count). The SMILES string of the molecule is CC(C)Nc1cccc(Nc2ccccc2)c1. The van der Waals surface area contributed by atoms with Crippen LogP contribution < -0.4 is 10.6 Å². The minimum atomic E-state index is 0.446. The number of hydrogen-bond acceptors (Lipinski definition) is 2. The number of nitrogens with one attached hydrogen (secondary N) is 2. The molecule has 2 N–H and O–H groups in total. The summed E-state index contributed by atoms with van der Waals surface area (Å²) in [6.07, 6.45) is 0. The van der Waals surface area contributed by atoms with Gasteiger partial charge >= 0.3 is 0 Å². The summed E-state index contributed by atoms with van der Waals surface area (Å²) >= 11 is 0. The number of anilines is 3. The van der Waals surface area contributed by atoms with Crippen molar-refractivity contribution in [1.82, 2.24) is 0 Å². The van der Waals surface area contributed by atoms with Crippen LogP contribution in [0.15, 0.2) is 54.6 Å². The maximum absolute atomic E-state index is 3.39. The van der Waals surface area contributed by atoms with E-state index in [0.717, 1.165) is 17.1 Å². The van der Waals surface area contributed by atoms with Crippen molar-refractivity contribution < 1.29 is 0 Å². The molecule has 0 atom stereocenters. The Balaban J connectivity index is 2.11. The molecule has 0 spiro atoms. The van der Waals surface area contributed by atoms with Crippen LogP contribution in [0.2, 0.25) is 0 Å². The Bertz CT molecular complexity index is 463. The zero-order valence-electron chi connectivity index (χ0n) is 10.3. The van der Waals surface area contributed by atoms with Gasteiger partial charge in [0, 0.05) is 23.1 Å². The Morgan fingerprint density at radius 3 is 2.12 bits per heavy atom. The highest BCUT2D eigenvalue weighted by atomic mass is 14.9. The monoisotopic (exact) mass is 226 g/mol. The molecule has 0 aliphatic rings. The molecular weight excluding hydrogens is 208 g/mol. The fraction of sp³-hybridized carbons (Fsp3) is 0.200. The van der Waals surface area contributed by atoms with E-state index in [1.165, 1.54) is 0 Å². The van der Waals surface area contributed by atoms with E-state index in [9.17, 15) is 0 Å². The van der Waals surface area contributed by atoms with E-state index >= 15 is 0 Å². The molecule has 88 valence electrons. The predicted octanol–water partition coefficient (Wildman–Crippen LogP) is 4.25. The van der Waals surface area contributed by atoms with Crippen molar-refractivity contribution in [2.24, 2.45) is 0 Å². The van der Waals surface area contributed by atoms with Crippen LogP contribution >= 0.6 is 0 Å². The molecule has 2 heteroatoms. The first-order valence-electron chi connectivity index (χ1n) is 5.93. The minimum Gasteiger partial charge on any atom is -0.383 e. The Morgan fingerprint density at radius 1 is 0.765 bits per heavy atom. The van der Waals surface area contributed by atoms with Crippen LogP contribution in [-0.4, -0.2) is 6.04 Å². The maximum Gasteiger partial charge on any atom is 0.0404 e. The molecule has 2 aromatic carbocycles. The van der Waals surface area contributed by atoms with Crippen LogP contribution in [0.4, 0.5) is 17.1 Å². The lowest BCUT2D eigenvalue weighted by atomic mass is 10.2. The fourth-order valence-corrected chi connectivity index (χ4v) is 1.71. The summed E-state index contributed by atoms with van der Waals surface area (Å²) in [7, 11) is 0. The van der Waals surface area contributed by atoms with Gasteiger partial charge in [0.15, 0.2) is 0 Å². The zero-order chi connectivity index (χ0) is 12.1. The summed E-state index contributed by atoms with van der Waals surface area (Å²) in [6.45, 7) is 4.27. The smallest absolute Gasteiger partial charge is 0.0404 e. The molecule has 0 aromatic heterocycles. The third kappa shape index (κ3) is 3.52. The Labute approximate surface area is 103 Å². The van der Waals surface area contributed by atoms with Gasteiger partial charge in [0.2, 0.25) is 0 Å². The topological polar surface area (TPSA) is 24.1 Å². The van der Waals surface area contributed by atoms with Gasteiger partial charge in [0.25, 0.3) is 0 Å². The molecule has 0 heterocycles. The lowest BCUT2D eigenvalue weighted by Gasteiger charge is -2.12. The second-order valence-electron chi connectivity index (χ2n) is 4.37. The van der Waals surface area contributed by atoms with Crippen molar-refractivity contribution in [2.75, 3.05) is 10.6 Å². The maximum atomic E-state index is 3.39. The lowest BCUT2D eigenvalue weighted by molar-refractivity contribution is 0.900. The number of para-hydroxylation sites is 1. The van der Waals surface area contributed by atoms with Crippen molar-refractivity contribution in [3.63, 3.8) is 0 Å². The average molecular weight is 226 g/mol. The first-order valence-corrected chi connectivity index (χ1v) is 5.93. The fourth-order valence-electron chi connectivity index (χ4n) is 1.71. The third-order valence-corrected chi connectivity index (χ3v) is 2.38. The molecule has 17 heavy (non-hydrogen) atoms. The summed E-state index contributed by atoms with van der Waals surface area (Å²) in [5, 5.41) is 6.77. The molecule has 0 saturated heterocycles. The van der Waals surface area contributed by atoms with Crippen molar-refractivity contribution in [3.05, 3.63) is 54.6 Å². The van der Waals surface area contributed by atoms with Gasteiger partial charge in [0.1, 0.15) is 0 Å². The summed E-state index contributed by atoms with van der Waals surface area (Å²) in [5.74, 6) is 0. The summed E-state index contributed by atoms with van der Waals surface area (Å²) in [6, 6.07) is 18.9. The zero-order valence-corrected chi connectivity index (χ0v) is 10.3. The first-order chi connectivity index (χ1) is 8.24. The molecule has 2 nitrogen and oxygen atoms in total. The van der Waals surface area contributed by atoms with E-state index in [-0.39, 0.29) is 0 Å². The summed E-state index contributed by atoms with van der Waals surface area (Å²) in [4.78, 5) is 0. The molecule has 0 aliphatic heterocycles. The minimum absolute atomic E-state index is 0.446. The molecule has 0 aliphatic carbocycles. The van der Waals surface area contributed by atoms with E-state index < -0.39 is 0 Å². The van der Waals surface area contributed by atoms with Gasteiger partial charge in [-0.1, -0.05) is 24.3 Å². The largest absolute Gasteiger partial charge is 0.383 e. The van der Waals surface area contributed by atoms with Crippen molar-refractivity contribution >= 4 is 17.1 Å². The molecule has 0 fully saturated rings. The standard InChI is InChI=1S/C15H18N2/c1-12(2)16-14-9-6-10-15(11-14)17-13-7-4-3-5-8-13/h3-12,16-17H,1-2H3. The van der Waals surface area contributed by atoms with Crippen LogP contribution in [0.3, 0.4) is 0 Å². The number of benzene rings is 2. The van der Waals surface area contributed by atoms with E-state index in [1.807, 2.05) is 18.2 Å². The van der Waals surface area contributed by atoms with E-state index in [4.69, 9.17) is 0 Å². The highest BCUT2D eigenvalue weighted by molar-refractivity contribution is 5.64. The quantitative estimate of drug-likeness (QED) is 0.814. The molecule has 0 amide bonds. The van der Waals surface area contributed by atoms with Gasteiger partial charge in [-0.05, 0) is 44.2 Å². The second kappa shape index (κ2) is 5.39. The first kappa shape index (κ1) is 11.5. The van der Waals surface area contributed by atoms with Crippen LogP contribution in [0.25, 0.3) is 0 Å². The van der Waals surface area contributed by atoms with Gasteiger partial charge in [-0.15, -0.1) is 0 Å². The molecule has 0 bridgehead atoms. The third-order valence-electron chi connectivity index (χ3n) is 2.38. The Hall–Kier alpha value is -1.96. The molecular formula is C15H18N2. The number of hydrogen-bond donors (Lipinski definition) is 2. The van der Waals surface area contributed by atoms with Crippen LogP contribution in [-0.2, 0) is 0 Å². The predicted molar refractivity (Wildman–Crippen MR) is 74.9 cm³/mol. The van der Waals surface area contributed by atoms with Gasteiger partial charge in [-0.25, -0.2) is 0 Å². The van der Waals surface area contributed by atoms with Gasteiger partial charge in [-0.2, -0.15) is 0 Å². The lowest BCUT2D eigenvalue weighted by Crippen LogP contribution is -2.09. The van der Waals surface area contributed by atoms with E-state index in [2.05, 4.69) is 60.9 Å². The Kier molecular flexibility index (Phi) is 3.66. The summed E-state index contributed by atoms with van der Waals surface area (Å²) < 4.78 is 0. The molecule has 0 radical (unpaired) electrons. The van der Waals surface area contributed by atoms with E-state index in [0.29, 0.717) is 6.04 Å². The average Bonchev–Trinajstić information content (AvgIpc) is 2.30. The Morgan fingerprint density at radius 2 is 1.41 bits per heavy atom. The van der Waals surface area contributed by atoms with Gasteiger partial charge in [-0.3, -0.25) is 0 Å². The highest BCUT2D eigenvalue weighted by Gasteiger charge is 1.97. The molecule has 0 saturated carbocycles. The van der Waals surface area contributed by atoms with Crippen LogP contribution in [0.1, 0.15) is 13.8 Å². The summed E-state index contributed by atoms with van der Waals surface area (Å²) in [5.41, 5.74) is 3.34. The van der Waals surface area contributed by atoms with Crippen LogP contribution in [0, 0.1) is 0 Å². The van der Waals surface area contributed by atoms with Gasteiger partial charge in [0.05, 0.1) is 0 Å². The molecule has 0 unspecified atom stereocenters. The highest BCUT2D eigenvalue weighted by Crippen LogP contribution is 2.20. The van der Waals surface area contributed by atoms with Crippen LogP contribution in [0.5, 0.6) is 0 Å². The van der Waals surface area contributed by atoms with Crippen molar-refractivity contribution in [1.29, 1.82) is 0 Å². The normalized spacial score (nSPS) is 10.3. The second-order valence-corrected chi connectivity index (χ2v) is 4.37. The van der Waals surface area contributed by atoms with Gasteiger partial charge < -0.3 is 10.6 Å². The molecule has 2 aromatic rings. The van der Waals surface area contributed by atoms with Crippen molar-refractivity contribution in [3.8, 4) is 0 Å². The van der Waals surface area contributed by atoms with E-state index in [1.54, 1.807) is 0 Å². The number of rotatable bonds is 4. The van der Waals surface area contributed by atoms with Crippen molar-refractivity contribution in [2.45, 2.75) is 19.9 Å².